The fourth-order valence-corrected chi connectivity index (χ4v) is 9.45. The molecule has 0 saturated heterocycles. The van der Waals surface area contributed by atoms with Crippen molar-refractivity contribution in [1.29, 1.82) is 0 Å². The van der Waals surface area contributed by atoms with E-state index in [4.69, 9.17) is 18.5 Å². The van der Waals surface area contributed by atoms with E-state index in [-0.39, 0.29) is 32.0 Å². The molecule has 10 heteroatoms. The number of likely N-dealkylation sites (N-methyl/N-ethyl adjacent to an activating group) is 1. The number of quaternary nitrogens is 1. The zero-order valence-electron chi connectivity index (χ0n) is 49.5. The average Bonchev–Trinajstić information content (AvgIpc) is 3.37. The van der Waals surface area contributed by atoms with Gasteiger partial charge in [-0.15, -0.1) is 0 Å². The molecule has 2 atom stereocenters. The van der Waals surface area contributed by atoms with Crippen molar-refractivity contribution in [3.05, 3.63) is 72.9 Å². The van der Waals surface area contributed by atoms with Gasteiger partial charge >= 0.3 is 11.9 Å². The molecule has 0 aromatic carbocycles. The SMILES string of the molecule is CC/C=C\C/C=C\C/C=C\C/C=C\C/C=C\C/C=C\CCCCCCCCCCCCC(=O)OC(COC(=O)CCCCCCCCCCCCCCCCCCCCCCCC)COP(=O)([O-])OCC[N+](C)(C)C. The Bertz CT molecular complexity index is 1500. The quantitative estimate of drug-likeness (QED) is 0.0195. The first-order chi connectivity index (χ1) is 36.5. The summed E-state index contributed by atoms with van der Waals surface area (Å²) < 4.78 is 34.2. The van der Waals surface area contributed by atoms with E-state index >= 15 is 0 Å². The van der Waals surface area contributed by atoms with E-state index in [9.17, 15) is 19.0 Å². The van der Waals surface area contributed by atoms with Crippen LogP contribution >= 0.6 is 7.82 Å². The summed E-state index contributed by atoms with van der Waals surface area (Å²) in [6, 6.07) is 0. The molecule has 0 N–H and O–H groups in total. The van der Waals surface area contributed by atoms with Crippen LogP contribution in [0.1, 0.15) is 277 Å². The van der Waals surface area contributed by atoms with Crippen LogP contribution in [-0.2, 0) is 32.7 Å². The highest BCUT2D eigenvalue weighted by Crippen LogP contribution is 2.38. The molecule has 0 amide bonds. The van der Waals surface area contributed by atoms with Crippen molar-refractivity contribution in [1.82, 2.24) is 0 Å². The number of unbranched alkanes of at least 4 members (excludes halogenated alkanes) is 31. The largest absolute Gasteiger partial charge is 0.756 e. The van der Waals surface area contributed by atoms with Crippen molar-refractivity contribution < 1.29 is 42.1 Å². The van der Waals surface area contributed by atoms with Crippen LogP contribution in [0.4, 0.5) is 0 Å². The van der Waals surface area contributed by atoms with E-state index in [1.165, 1.54) is 161 Å². The third-order valence-corrected chi connectivity index (χ3v) is 14.5. The van der Waals surface area contributed by atoms with Crippen LogP contribution < -0.4 is 4.89 Å². The Morgan fingerprint density at radius 1 is 0.427 bits per heavy atom. The number of allylic oxidation sites excluding steroid dienone is 12. The molecule has 0 aliphatic carbocycles. The van der Waals surface area contributed by atoms with Crippen LogP contribution in [0.5, 0.6) is 0 Å². The summed E-state index contributed by atoms with van der Waals surface area (Å²) in [4.78, 5) is 37.9. The normalized spacial score (nSPS) is 13.7. The summed E-state index contributed by atoms with van der Waals surface area (Å²) in [7, 11) is 1.17. The lowest BCUT2D eigenvalue weighted by atomic mass is 10.0. The molecule has 0 saturated carbocycles. The van der Waals surface area contributed by atoms with E-state index in [0.29, 0.717) is 17.4 Å². The van der Waals surface area contributed by atoms with E-state index in [1.54, 1.807) is 0 Å². The Morgan fingerprint density at radius 2 is 0.760 bits per heavy atom. The number of esters is 2. The van der Waals surface area contributed by atoms with Crippen molar-refractivity contribution in [3.63, 3.8) is 0 Å². The summed E-state index contributed by atoms with van der Waals surface area (Å²) in [5.41, 5.74) is 0. The van der Waals surface area contributed by atoms with Crippen LogP contribution in [0.3, 0.4) is 0 Å². The lowest BCUT2D eigenvalue weighted by Crippen LogP contribution is -2.37. The van der Waals surface area contributed by atoms with Gasteiger partial charge in [-0.3, -0.25) is 14.2 Å². The predicted octanol–water partition coefficient (Wildman–Crippen LogP) is 19.0. The maximum Gasteiger partial charge on any atom is 0.306 e. The molecule has 0 aromatic rings. The number of nitrogens with zero attached hydrogens (tertiary/aromatic N) is 1. The second-order valence-electron chi connectivity index (χ2n) is 22.0. The molecule has 0 bridgehead atoms. The van der Waals surface area contributed by atoms with Crippen molar-refractivity contribution >= 4 is 19.8 Å². The van der Waals surface area contributed by atoms with E-state index in [0.717, 1.165) is 83.5 Å². The fourth-order valence-electron chi connectivity index (χ4n) is 8.72. The fraction of sp³-hybridized carbons (Fsp3) is 0.785. The standard InChI is InChI=1S/C65H118NO8P/c1-6-8-10-12-14-16-18-20-22-24-26-28-30-31-32-33-34-35-36-38-40-42-44-46-48-50-52-54-56-58-65(68)74-63(62-73-75(69,70)72-60-59-66(3,4)5)61-71-64(67)57-55-53-51-49-47-45-43-41-39-37-29-27-25-23-21-19-17-15-13-11-9-7-2/h8,10,14,16,20,22,26,28,31-32,34-35,63H,6-7,9,11-13,15,17-19,21,23-25,27,29-30,33,36-62H2,1-5H3/b10-8-,16-14-,22-20-,28-26-,32-31-,35-34-. The lowest BCUT2D eigenvalue weighted by molar-refractivity contribution is -0.870. The first-order valence-corrected chi connectivity index (χ1v) is 32.6. The Kier molecular flexibility index (Phi) is 54.3. The second-order valence-corrected chi connectivity index (χ2v) is 23.5. The molecule has 0 radical (unpaired) electrons. The maximum atomic E-state index is 12.8. The highest BCUT2D eigenvalue weighted by atomic mass is 31.2. The number of carbonyl (C=O) groups is 2. The van der Waals surface area contributed by atoms with Crippen LogP contribution in [0.15, 0.2) is 72.9 Å². The molecule has 0 spiro atoms. The minimum atomic E-state index is -4.64. The Hall–Kier alpha value is -2.55. The lowest BCUT2D eigenvalue weighted by Gasteiger charge is -2.28. The number of rotatable bonds is 57. The molecule has 0 heterocycles. The van der Waals surface area contributed by atoms with Crippen molar-refractivity contribution in [2.75, 3.05) is 47.5 Å². The molecule has 0 rings (SSSR count). The van der Waals surface area contributed by atoms with Gasteiger partial charge in [0.15, 0.2) is 6.10 Å². The molecule has 0 aliphatic heterocycles. The summed E-state index contributed by atoms with van der Waals surface area (Å²) in [5, 5.41) is 0. The topological polar surface area (TPSA) is 111 Å². The average molecular weight is 1070 g/mol. The van der Waals surface area contributed by atoms with Crippen LogP contribution in [0.25, 0.3) is 0 Å². The summed E-state index contributed by atoms with van der Waals surface area (Å²) in [6.45, 7) is 4.16. The Morgan fingerprint density at radius 3 is 1.13 bits per heavy atom. The molecule has 75 heavy (non-hydrogen) atoms. The molecule has 0 aliphatic rings. The minimum Gasteiger partial charge on any atom is -0.756 e. The molecule has 436 valence electrons. The first-order valence-electron chi connectivity index (χ1n) is 31.1. The van der Waals surface area contributed by atoms with E-state index in [2.05, 4.69) is 86.8 Å². The molecule has 9 nitrogen and oxygen atoms in total. The van der Waals surface area contributed by atoms with Gasteiger partial charge in [0.1, 0.15) is 19.8 Å². The van der Waals surface area contributed by atoms with Gasteiger partial charge in [0.25, 0.3) is 7.82 Å². The highest BCUT2D eigenvalue weighted by molar-refractivity contribution is 7.45. The van der Waals surface area contributed by atoms with Gasteiger partial charge in [-0.1, -0.05) is 273 Å². The number of hydrogen-bond donors (Lipinski definition) is 0. The maximum absolute atomic E-state index is 12.8. The zero-order chi connectivity index (χ0) is 54.9. The van der Waals surface area contributed by atoms with Gasteiger partial charge in [0.05, 0.1) is 27.7 Å². The Balaban J connectivity index is 4.13. The van der Waals surface area contributed by atoms with Crippen molar-refractivity contribution in [3.8, 4) is 0 Å². The molecular weight excluding hydrogens is 954 g/mol. The summed E-state index contributed by atoms with van der Waals surface area (Å²) >= 11 is 0. The molecule has 0 aromatic heterocycles. The van der Waals surface area contributed by atoms with Gasteiger partial charge in [-0.05, 0) is 64.2 Å². The summed E-state index contributed by atoms with van der Waals surface area (Å²) in [5.74, 6) is -0.829. The number of phosphoric ester groups is 1. The van der Waals surface area contributed by atoms with Gasteiger partial charge in [-0.25, -0.2) is 0 Å². The highest BCUT2D eigenvalue weighted by Gasteiger charge is 2.22. The van der Waals surface area contributed by atoms with Gasteiger partial charge < -0.3 is 27.9 Å². The minimum absolute atomic E-state index is 0.0328. The number of hydrogen-bond acceptors (Lipinski definition) is 8. The molecule has 2 unspecified atom stereocenters. The number of carbonyl (C=O) groups excluding carboxylic acids is 2. The number of ether oxygens (including phenoxy) is 2. The van der Waals surface area contributed by atoms with Gasteiger partial charge in [0.2, 0.25) is 0 Å². The van der Waals surface area contributed by atoms with Crippen molar-refractivity contribution in [2.24, 2.45) is 0 Å². The monoisotopic (exact) mass is 1070 g/mol. The van der Waals surface area contributed by atoms with E-state index in [1.807, 2.05) is 21.1 Å². The zero-order valence-corrected chi connectivity index (χ0v) is 50.4. The van der Waals surface area contributed by atoms with Crippen LogP contribution in [0, 0.1) is 0 Å². The van der Waals surface area contributed by atoms with Crippen molar-refractivity contribution in [2.45, 2.75) is 283 Å². The third-order valence-electron chi connectivity index (χ3n) is 13.5. The molecular formula is C65H118NO8P. The third kappa shape index (κ3) is 60.5. The number of phosphoric acid groups is 1. The van der Waals surface area contributed by atoms with Gasteiger partial charge in [0, 0.05) is 12.8 Å². The smallest absolute Gasteiger partial charge is 0.306 e. The predicted molar refractivity (Wildman–Crippen MR) is 319 cm³/mol. The van der Waals surface area contributed by atoms with Gasteiger partial charge in [-0.2, -0.15) is 0 Å². The van der Waals surface area contributed by atoms with E-state index < -0.39 is 26.5 Å². The summed E-state index contributed by atoms with van der Waals surface area (Å²) in [6.07, 6.45) is 73.8. The molecule has 0 fully saturated rings. The first kappa shape index (κ1) is 72.5. The van der Waals surface area contributed by atoms with Crippen LogP contribution in [-0.4, -0.2) is 70.0 Å². The van der Waals surface area contributed by atoms with Crippen LogP contribution in [0.2, 0.25) is 0 Å². The Labute approximate surface area is 463 Å². The second kappa shape index (κ2) is 56.2.